The third-order valence-electron chi connectivity index (χ3n) is 2.93. The van der Waals surface area contributed by atoms with Crippen molar-refractivity contribution in [1.82, 2.24) is 15.2 Å². The van der Waals surface area contributed by atoms with E-state index in [4.69, 9.17) is 4.74 Å². The molecular weight excluding hydrogens is 322 g/mol. The topological polar surface area (TPSA) is 54.5 Å². The lowest BCUT2D eigenvalue weighted by molar-refractivity contribution is 0.0194. The zero-order valence-electron chi connectivity index (χ0n) is 12.0. The Bertz CT molecular complexity index is 470. The number of nitrogens with zero attached hydrogens (tertiary/aromatic N) is 2. The minimum atomic E-state index is -0.465. The number of piperazine rings is 1. The van der Waals surface area contributed by atoms with E-state index in [9.17, 15) is 4.79 Å². The summed E-state index contributed by atoms with van der Waals surface area (Å²) in [6, 6.07) is 3.96. The fourth-order valence-corrected chi connectivity index (χ4v) is 2.27. The molecule has 0 bridgehead atoms. The highest BCUT2D eigenvalue weighted by molar-refractivity contribution is 9.10. The van der Waals surface area contributed by atoms with Crippen molar-refractivity contribution in [3.8, 4) is 0 Å². The van der Waals surface area contributed by atoms with E-state index in [2.05, 4.69) is 26.2 Å². The maximum Gasteiger partial charge on any atom is 0.410 e. The Labute approximate surface area is 127 Å². The molecule has 1 amide bonds. The van der Waals surface area contributed by atoms with Gasteiger partial charge in [0.2, 0.25) is 0 Å². The average Bonchev–Trinajstić information content (AvgIpc) is 2.38. The highest BCUT2D eigenvalue weighted by Gasteiger charge is 2.28. The molecule has 2 heterocycles. The van der Waals surface area contributed by atoms with E-state index in [1.54, 1.807) is 11.1 Å². The van der Waals surface area contributed by atoms with Crippen LogP contribution in [0.15, 0.2) is 22.8 Å². The second-order valence-corrected chi connectivity index (χ2v) is 6.75. The monoisotopic (exact) mass is 341 g/mol. The normalized spacial score (nSPS) is 19.8. The van der Waals surface area contributed by atoms with E-state index in [0.29, 0.717) is 13.1 Å². The largest absolute Gasteiger partial charge is 0.444 e. The van der Waals surface area contributed by atoms with Crippen LogP contribution in [-0.4, -0.2) is 41.2 Å². The molecule has 20 heavy (non-hydrogen) atoms. The van der Waals surface area contributed by atoms with Crippen LogP contribution in [-0.2, 0) is 4.74 Å². The van der Waals surface area contributed by atoms with Gasteiger partial charge in [0.25, 0.3) is 0 Å². The molecule has 2 rings (SSSR count). The minimum Gasteiger partial charge on any atom is -0.444 e. The number of hydrogen-bond acceptors (Lipinski definition) is 4. The highest BCUT2D eigenvalue weighted by atomic mass is 79.9. The standard InChI is InChI=1S/C14H20BrN3O2/c1-14(2,3)20-13(19)18-7-6-16-12(9-18)11-5-4-10(15)8-17-11/h4-5,8,12,16H,6-7,9H2,1-3H3. The summed E-state index contributed by atoms with van der Waals surface area (Å²) < 4.78 is 6.36. The summed E-state index contributed by atoms with van der Waals surface area (Å²) in [6.45, 7) is 7.59. The molecule has 110 valence electrons. The van der Waals surface area contributed by atoms with Crippen molar-refractivity contribution in [3.63, 3.8) is 0 Å². The van der Waals surface area contributed by atoms with E-state index in [0.717, 1.165) is 16.7 Å². The van der Waals surface area contributed by atoms with Crippen LogP contribution in [0, 0.1) is 0 Å². The molecule has 6 heteroatoms. The fraction of sp³-hybridized carbons (Fsp3) is 0.571. The Balaban J connectivity index is 2.01. The summed E-state index contributed by atoms with van der Waals surface area (Å²) >= 11 is 3.37. The van der Waals surface area contributed by atoms with Gasteiger partial charge in [0.05, 0.1) is 11.7 Å². The number of hydrogen-bond donors (Lipinski definition) is 1. The van der Waals surface area contributed by atoms with Gasteiger partial charge in [-0.15, -0.1) is 0 Å². The van der Waals surface area contributed by atoms with E-state index in [1.165, 1.54) is 0 Å². The van der Waals surface area contributed by atoms with Crippen molar-refractivity contribution in [2.45, 2.75) is 32.4 Å². The van der Waals surface area contributed by atoms with Gasteiger partial charge in [-0.1, -0.05) is 0 Å². The smallest absolute Gasteiger partial charge is 0.410 e. The van der Waals surface area contributed by atoms with Crippen molar-refractivity contribution >= 4 is 22.0 Å². The number of pyridine rings is 1. The molecular formula is C14H20BrN3O2. The summed E-state index contributed by atoms with van der Waals surface area (Å²) in [6.07, 6.45) is 1.50. The summed E-state index contributed by atoms with van der Waals surface area (Å²) in [4.78, 5) is 18.2. The van der Waals surface area contributed by atoms with Gasteiger partial charge in [0.1, 0.15) is 5.60 Å². The molecule has 1 aromatic rings. The van der Waals surface area contributed by atoms with Gasteiger partial charge in [-0.2, -0.15) is 0 Å². The molecule has 1 saturated heterocycles. The predicted molar refractivity (Wildman–Crippen MR) is 80.5 cm³/mol. The number of ether oxygens (including phenoxy) is 1. The van der Waals surface area contributed by atoms with Gasteiger partial charge in [0, 0.05) is 30.3 Å². The Morgan fingerprint density at radius 1 is 1.50 bits per heavy atom. The summed E-state index contributed by atoms with van der Waals surface area (Å²) in [5, 5.41) is 3.38. The molecule has 1 unspecified atom stereocenters. The van der Waals surface area contributed by atoms with E-state index in [1.807, 2.05) is 32.9 Å². The maximum atomic E-state index is 12.1. The number of nitrogens with one attached hydrogen (secondary N) is 1. The van der Waals surface area contributed by atoms with Crippen molar-refractivity contribution in [2.75, 3.05) is 19.6 Å². The average molecular weight is 342 g/mol. The Hall–Kier alpha value is -1.14. The zero-order chi connectivity index (χ0) is 14.8. The number of carbonyl (C=O) groups is 1. The predicted octanol–water partition coefficient (Wildman–Crippen LogP) is 2.73. The molecule has 1 aromatic heterocycles. The van der Waals surface area contributed by atoms with E-state index >= 15 is 0 Å². The Morgan fingerprint density at radius 3 is 2.85 bits per heavy atom. The van der Waals surface area contributed by atoms with E-state index < -0.39 is 5.60 Å². The van der Waals surface area contributed by atoms with E-state index in [-0.39, 0.29) is 12.1 Å². The van der Waals surface area contributed by atoms with Crippen molar-refractivity contribution in [1.29, 1.82) is 0 Å². The van der Waals surface area contributed by atoms with Gasteiger partial charge in [-0.05, 0) is 48.8 Å². The van der Waals surface area contributed by atoms with Gasteiger partial charge in [-0.25, -0.2) is 4.79 Å². The molecule has 0 aliphatic carbocycles. The number of aromatic nitrogens is 1. The van der Waals surface area contributed by atoms with Crippen LogP contribution in [0.4, 0.5) is 4.79 Å². The molecule has 0 aromatic carbocycles. The second-order valence-electron chi connectivity index (χ2n) is 5.83. The molecule has 0 radical (unpaired) electrons. The third kappa shape index (κ3) is 4.18. The first-order valence-electron chi connectivity index (χ1n) is 6.68. The van der Waals surface area contributed by atoms with Crippen LogP contribution in [0.3, 0.4) is 0 Å². The molecule has 1 N–H and O–H groups in total. The molecule has 1 aliphatic rings. The van der Waals surface area contributed by atoms with Crippen LogP contribution in [0.25, 0.3) is 0 Å². The van der Waals surface area contributed by atoms with Gasteiger partial charge < -0.3 is 15.0 Å². The Kier molecular flexibility index (Phi) is 4.65. The quantitative estimate of drug-likeness (QED) is 0.853. The SMILES string of the molecule is CC(C)(C)OC(=O)N1CCNC(c2ccc(Br)cn2)C1. The lowest BCUT2D eigenvalue weighted by atomic mass is 10.1. The fourth-order valence-electron chi connectivity index (χ4n) is 2.03. The van der Waals surface area contributed by atoms with Crippen LogP contribution in [0.2, 0.25) is 0 Å². The highest BCUT2D eigenvalue weighted by Crippen LogP contribution is 2.19. The van der Waals surface area contributed by atoms with Crippen LogP contribution < -0.4 is 5.32 Å². The number of halogens is 1. The molecule has 1 atom stereocenters. The van der Waals surface area contributed by atoms with Crippen LogP contribution in [0.5, 0.6) is 0 Å². The number of rotatable bonds is 1. The molecule has 1 aliphatic heterocycles. The lowest BCUT2D eigenvalue weighted by Gasteiger charge is -2.34. The van der Waals surface area contributed by atoms with Crippen molar-refractivity contribution in [3.05, 3.63) is 28.5 Å². The zero-order valence-corrected chi connectivity index (χ0v) is 13.6. The minimum absolute atomic E-state index is 0.0457. The first-order valence-corrected chi connectivity index (χ1v) is 7.47. The molecule has 0 spiro atoms. The summed E-state index contributed by atoms with van der Waals surface area (Å²) in [5.74, 6) is 0. The third-order valence-corrected chi connectivity index (χ3v) is 3.40. The lowest BCUT2D eigenvalue weighted by Crippen LogP contribution is -2.49. The van der Waals surface area contributed by atoms with Crippen LogP contribution in [0.1, 0.15) is 32.5 Å². The summed E-state index contributed by atoms with van der Waals surface area (Å²) in [5.41, 5.74) is 0.467. The summed E-state index contributed by atoms with van der Waals surface area (Å²) in [7, 11) is 0. The number of carbonyl (C=O) groups excluding carboxylic acids is 1. The first-order chi connectivity index (χ1) is 9.35. The molecule has 0 saturated carbocycles. The van der Waals surface area contributed by atoms with Gasteiger partial charge in [0.15, 0.2) is 0 Å². The molecule has 1 fully saturated rings. The van der Waals surface area contributed by atoms with Crippen LogP contribution >= 0.6 is 15.9 Å². The van der Waals surface area contributed by atoms with Crippen molar-refractivity contribution in [2.24, 2.45) is 0 Å². The second kappa shape index (κ2) is 6.10. The van der Waals surface area contributed by atoms with Gasteiger partial charge >= 0.3 is 6.09 Å². The first kappa shape index (κ1) is 15.3. The Morgan fingerprint density at radius 2 is 2.25 bits per heavy atom. The van der Waals surface area contributed by atoms with Gasteiger partial charge in [-0.3, -0.25) is 4.98 Å². The molecule has 5 nitrogen and oxygen atoms in total. The maximum absolute atomic E-state index is 12.1. The number of amides is 1. The van der Waals surface area contributed by atoms with Crippen molar-refractivity contribution < 1.29 is 9.53 Å².